The van der Waals surface area contributed by atoms with E-state index in [1.807, 2.05) is 12.1 Å². The minimum Gasteiger partial charge on any atom is -0.307 e. The van der Waals surface area contributed by atoms with Crippen LogP contribution in [0.1, 0.15) is 29.7 Å². The van der Waals surface area contributed by atoms with Gasteiger partial charge >= 0.3 is 0 Å². The van der Waals surface area contributed by atoms with Crippen LogP contribution < -0.4 is 5.32 Å². The van der Waals surface area contributed by atoms with Crippen LogP contribution in [-0.2, 0) is 0 Å². The Kier molecular flexibility index (Phi) is 4.72. The standard InChI is InChI=1S/C16H17BrFN/c1-3-19-16(12-6-4-11(2)5-7-12)13-8-9-15(18)14(17)10-13/h4-10,16,19H,3H2,1-2H3. The van der Waals surface area contributed by atoms with Crippen LogP contribution in [0.5, 0.6) is 0 Å². The molecule has 0 heterocycles. The van der Waals surface area contributed by atoms with Gasteiger partial charge in [0, 0.05) is 0 Å². The summed E-state index contributed by atoms with van der Waals surface area (Å²) in [4.78, 5) is 0. The van der Waals surface area contributed by atoms with Gasteiger partial charge in [0.15, 0.2) is 0 Å². The second kappa shape index (κ2) is 6.31. The van der Waals surface area contributed by atoms with Crippen molar-refractivity contribution in [1.82, 2.24) is 5.32 Å². The van der Waals surface area contributed by atoms with Crippen LogP contribution in [0, 0.1) is 12.7 Å². The van der Waals surface area contributed by atoms with Crippen LogP contribution in [0.3, 0.4) is 0 Å². The van der Waals surface area contributed by atoms with Crippen molar-refractivity contribution in [2.45, 2.75) is 19.9 Å². The van der Waals surface area contributed by atoms with Gasteiger partial charge in [-0.2, -0.15) is 0 Å². The molecule has 0 aliphatic heterocycles. The quantitative estimate of drug-likeness (QED) is 0.868. The Morgan fingerprint density at radius 1 is 1.11 bits per heavy atom. The minimum atomic E-state index is -0.233. The summed E-state index contributed by atoms with van der Waals surface area (Å²) in [6, 6.07) is 13.7. The predicted octanol–water partition coefficient (Wildman–Crippen LogP) is 4.60. The fourth-order valence-corrected chi connectivity index (χ4v) is 2.48. The van der Waals surface area contributed by atoms with Gasteiger partial charge in [0.1, 0.15) is 5.82 Å². The first-order chi connectivity index (χ1) is 9.11. The number of hydrogen-bond acceptors (Lipinski definition) is 1. The van der Waals surface area contributed by atoms with Crippen LogP contribution in [0.15, 0.2) is 46.9 Å². The van der Waals surface area contributed by atoms with Gasteiger partial charge in [-0.1, -0.05) is 42.8 Å². The lowest BCUT2D eigenvalue weighted by Gasteiger charge is -2.19. The maximum absolute atomic E-state index is 13.3. The maximum atomic E-state index is 13.3. The third-order valence-electron chi connectivity index (χ3n) is 3.10. The molecular weight excluding hydrogens is 305 g/mol. The molecule has 100 valence electrons. The summed E-state index contributed by atoms with van der Waals surface area (Å²) in [6.45, 7) is 4.99. The fraction of sp³-hybridized carbons (Fsp3) is 0.250. The van der Waals surface area contributed by atoms with E-state index in [0.717, 1.165) is 12.1 Å². The van der Waals surface area contributed by atoms with E-state index in [4.69, 9.17) is 0 Å². The van der Waals surface area contributed by atoms with Crippen molar-refractivity contribution in [3.8, 4) is 0 Å². The van der Waals surface area contributed by atoms with Crippen molar-refractivity contribution < 1.29 is 4.39 Å². The van der Waals surface area contributed by atoms with Gasteiger partial charge in [0.05, 0.1) is 10.5 Å². The predicted molar refractivity (Wildman–Crippen MR) is 80.8 cm³/mol. The molecule has 1 atom stereocenters. The zero-order chi connectivity index (χ0) is 13.8. The second-order valence-electron chi connectivity index (χ2n) is 4.57. The molecule has 0 aliphatic carbocycles. The molecule has 2 aromatic carbocycles. The smallest absolute Gasteiger partial charge is 0.137 e. The van der Waals surface area contributed by atoms with E-state index in [0.29, 0.717) is 4.47 Å². The van der Waals surface area contributed by atoms with Crippen molar-refractivity contribution >= 4 is 15.9 Å². The van der Waals surface area contributed by atoms with Crippen molar-refractivity contribution in [3.63, 3.8) is 0 Å². The van der Waals surface area contributed by atoms with E-state index >= 15 is 0 Å². The highest BCUT2D eigenvalue weighted by atomic mass is 79.9. The van der Waals surface area contributed by atoms with Crippen molar-refractivity contribution in [2.24, 2.45) is 0 Å². The normalized spacial score (nSPS) is 12.4. The lowest BCUT2D eigenvalue weighted by Crippen LogP contribution is -2.22. The summed E-state index contributed by atoms with van der Waals surface area (Å²) in [6.07, 6.45) is 0. The van der Waals surface area contributed by atoms with E-state index in [-0.39, 0.29) is 11.9 Å². The third kappa shape index (κ3) is 3.43. The molecule has 0 fully saturated rings. The lowest BCUT2D eigenvalue weighted by atomic mass is 9.98. The van der Waals surface area contributed by atoms with Crippen molar-refractivity contribution in [1.29, 1.82) is 0 Å². The van der Waals surface area contributed by atoms with Crippen molar-refractivity contribution in [2.75, 3.05) is 6.54 Å². The molecule has 0 saturated heterocycles. The minimum absolute atomic E-state index is 0.0856. The molecule has 1 N–H and O–H groups in total. The lowest BCUT2D eigenvalue weighted by molar-refractivity contribution is 0.608. The average Bonchev–Trinajstić information content (AvgIpc) is 2.41. The van der Waals surface area contributed by atoms with Crippen molar-refractivity contribution in [3.05, 3.63) is 69.4 Å². The number of hydrogen-bond donors (Lipinski definition) is 1. The Balaban J connectivity index is 2.38. The first-order valence-corrected chi connectivity index (χ1v) is 7.16. The first-order valence-electron chi connectivity index (χ1n) is 6.36. The zero-order valence-electron chi connectivity index (χ0n) is 11.1. The Labute approximate surface area is 122 Å². The highest BCUT2D eigenvalue weighted by molar-refractivity contribution is 9.10. The van der Waals surface area contributed by atoms with Crippen LogP contribution in [0.25, 0.3) is 0 Å². The summed E-state index contributed by atoms with van der Waals surface area (Å²) < 4.78 is 13.8. The largest absolute Gasteiger partial charge is 0.307 e. The van der Waals surface area contributed by atoms with Crippen LogP contribution in [-0.4, -0.2) is 6.54 Å². The number of rotatable bonds is 4. The second-order valence-corrected chi connectivity index (χ2v) is 5.43. The van der Waals surface area contributed by atoms with Gasteiger partial charge in [-0.25, -0.2) is 4.39 Å². The SMILES string of the molecule is CCNC(c1ccc(C)cc1)c1ccc(F)c(Br)c1. The van der Waals surface area contributed by atoms with Crippen LogP contribution >= 0.6 is 15.9 Å². The molecule has 0 spiro atoms. The first kappa shape index (κ1) is 14.2. The average molecular weight is 322 g/mol. The molecule has 0 amide bonds. The van der Waals surface area contributed by atoms with Crippen LogP contribution in [0.2, 0.25) is 0 Å². The molecule has 0 radical (unpaired) electrons. The van der Waals surface area contributed by atoms with E-state index in [2.05, 4.69) is 59.4 Å². The topological polar surface area (TPSA) is 12.0 Å². The van der Waals surface area contributed by atoms with Gasteiger partial charge in [-0.3, -0.25) is 0 Å². The van der Waals surface area contributed by atoms with E-state index in [1.165, 1.54) is 17.2 Å². The molecule has 0 saturated carbocycles. The molecule has 2 rings (SSSR count). The number of nitrogens with one attached hydrogen (secondary N) is 1. The van der Waals surface area contributed by atoms with Gasteiger partial charge in [0.2, 0.25) is 0 Å². The third-order valence-corrected chi connectivity index (χ3v) is 3.70. The summed E-state index contributed by atoms with van der Waals surface area (Å²) in [5.41, 5.74) is 3.48. The van der Waals surface area contributed by atoms with Crippen LogP contribution in [0.4, 0.5) is 4.39 Å². The van der Waals surface area contributed by atoms with E-state index in [1.54, 1.807) is 0 Å². The molecule has 0 bridgehead atoms. The Morgan fingerprint density at radius 2 is 1.74 bits per heavy atom. The monoisotopic (exact) mass is 321 g/mol. The fourth-order valence-electron chi connectivity index (χ4n) is 2.08. The Hall–Kier alpha value is -1.19. The molecule has 0 aromatic heterocycles. The number of halogens is 2. The molecular formula is C16H17BrFN. The Morgan fingerprint density at radius 3 is 2.32 bits per heavy atom. The highest BCUT2D eigenvalue weighted by Gasteiger charge is 2.14. The van der Waals surface area contributed by atoms with Gasteiger partial charge in [-0.15, -0.1) is 0 Å². The molecule has 1 nitrogen and oxygen atoms in total. The van der Waals surface area contributed by atoms with Gasteiger partial charge < -0.3 is 5.32 Å². The zero-order valence-corrected chi connectivity index (χ0v) is 12.7. The Bertz CT molecular complexity index is 551. The van der Waals surface area contributed by atoms with E-state index < -0.39 is 0 Å². The molecule has 3 heteroatoms. The highest BCUT2D eigenvalue weighted by Crippen LogP contribution is 2.26. The summed E-state index contributed by atoms with van der Waals surface area (Å²) in [5.74, 6) is -0.233. The maximum Gasteiger partial charge on any atom is 0.137 e. The molecule has 1 unspecified atom stereocenters. The van der Waals surface area contributed by atoms with E-state index in [9.17, 15) is 4.39 Å². The number of benzene rings is 2. The molecule has 0 aliphatic rings. The molecule has 19 heavy (non-hydrogen) atoms. The summed E-state index contributed by atoms with van der Waals surface area (Å²) in [5, 5.41) is 3.44. The van der Waals surface area contributed by atoms with Gasteiger partial charge in [0.25, 0.3) is 0 Å². The summed E-state index contributed by atoms with van der Waals surface area (Å²) in [7, 11) is 0. The van der Waals surface area contributed by atoms with Gasteiger partial charge in [-0.05, 0) is 52.7 Å². The molecule has 2 aromatic rings. The summed E-state index contributed by atoms with van der Waals surface area (Å²) >= 11 is 3.25. The number of aryl methyl sites for hydroxylation is 1.